The highest BCUT2D eigenvalue weighted by atomic mass is 79.9. The first-order chi connectivity index (χ1) is 14.1. The minimum atomic E-state index is 0.134. The molecule has 5 nitrogen and oxygen atoms in total. The minimum absolute atomic E-state index is 0.134. The number of hydrogen-bond donors (Lipinski definition) is 2. The molecule has 2 heterocycles. The van der Waals surface area contributed by atoms with Crippen molar-refractivity contribution in [2.24, 2.45) is 0 Å². The molecular weight excluding hydrogens is 430 g/mol. The summed E-state index contributed by atoms with van der Waals surface area (Å²) in [5.74, 6) is 1.31. The van der Waals surface area contributed by atoms with Crippen LogP contribution in [-0.2, 0) is 0 Å². The summed E-state index contributed by atoms with van der Waals surface area (Å²) in [5.41, 5.74) is 4.19. The number of aromatic nitrogens is 3. The van der Waals surface area contributed by atoms with Gasteiger partial charge in [-0.15, -0.1) is 0 Å². The van der Waals surface area contributed by atoms with E-state index in [2.05, 4.69) is 38.0 Å². The largest absolute Gasteiger partial charge is 0.494 e. The molecule has 2 bridgehead atoms. The zero-order chi connectivity index (χ0) is 19.7. The molecule has 2 N–H and O–H groups in total. The summed E-state index contributed by atoms with van der Waals surface area (Å²) in [5, 5.41) is 22.5. The average molecular weight is 446 g/mol. The Morgan fingerprint density at radius 1 is 0.931 bits per heavy atom. The second kappa shape index (κ2) is 5.94. The number of aromatic hydroxyl groups is 2. The highest BCUT2D eigenvalue weighted by molar-refractivity contribution is 9.10. The van der Waals surface area contributed by atoms with Crippen LogP contribution in [0, 0.1) is 0 Å². The number of benzene rings is 2. The van der Waals surface area contributed by atoms with Gasteiger partial charge >= 0.3 is 0 Å². The van der Waals surface area contributed by atoms with Crippen molar-refractivity contribution in [2.45, 2.75) is 18.3 Å². The van der Waals surface area contributed by atoms with E-state index < -0.39 is 0 Å². The third kappa shape index (κ3) is 2.39. The van der Waals surface area contributed by atoms with Crippen LogP contribution in [0.2, 0.25) is 0 Å². The summed E-state index contributed by atoms with van der Waals surface area (Å²) in [6.07, 6.45) is 7.00. The van der Waals surface area contributed by atoms with Crippen LogP contribution in [0.1, 0.15) is 29.4 Å². The number of halogens is 1. The Morgan fingerprint density at radius 2 is 1.62 bits per heavy atom. The molecule has 0 spiro atoms. The van der Waals surface area contributed by atoms with E-state index >= 15 is 0 Å². The molecule has 6 heteroatoms. The normalized spacial score (nSPS) is 19.2. The van der Waals surface area contributed by atoms with E-state index in [9.17, 15) is 10.2 Å². The summed E-state index contributed by atoms with van der Waals surface area (Å²) in [7, 11) is 0. The van der Waals surface area contributed by atoms with Crippen molar-refractivity contribution in [1.29, 1.82) is 0 Å². The van der Waals surface area contributed by atoms with E-state index in [1.54, 1.807) is 0 Å². The van der Waals surface area contributed by atoms with E-state index in [0.717, 1.165) is 38.5 Å². The lowest BCUT2D eigenvalue weighted by molar-refractivity contribution is 0.395. The molecule has 142 valence electrons. The summed E-state index contributed by atoms with van der Waals surface area (Å²) >= 11 is 3.46. The SMILES string of the molecule is Oc1c2c(c(O)n1-c1ccc(-c3ncc4cc(Br)ccc4n3)cc1)[C@H]1C=CC2C1. The van der Waals surface area contributed by atoms with Crippen LogP contribution in [-0.4, -0.2) is 24.7 Å². The molecule has 0 saturated carbocycles. The third-order valence-corrected chi connectivity index (χ3v) is 6.44. The number of hydrogen-bond acceptors (Lipinski definition) is 4. The second-order valence-corrected chi connectivity index (χ2v) is 8.50. The Balaban J connectivity index is 1.40. The third-order valence-electron chi connectivity index (χ3n) is 5.95. The van der Waals surface area contributed by atoms with E-state index in [4.69, 9.17) is 0 Å². The monoisotopic (exact) mass is 445 g/mol. The molecule has 2 aromatic carbocycles. The lowest BCUT2D eigenvalue weighted by Gasteiger charge is -2.10. The number of nitrogens with zero attached hydrogens (tertiary/aromatic N) is 3. The maximum Gasteiger partial charge on any atom is 0.202 e. The smallest absolute Gasteiger partial charge is 0.202 e. The highest BCUT2D eigenvalue weighted by Crippen LogP contribution is 2.57. The topological polar surface area (TPSA) is 71.2 Å². The Morgan fingerprint density at radius 3 is 2.31 bits per heavy atom. The predicted molar refractivity (Wildman–Crippen MR) is 115 cm³/mol. The van der Waals surface area contributed by atoms with Gasteiger partial charge in [0.1, 0.15) is 0 Å². The molecule has 4 aromatic rings. The Hall–Kier alpha value is -3.12. The molecule has 2 aliphatic carbocycles. The Kier molecular flexibility index (Phi) is 3.44. The van der Waals surface area contributed by atoms with Crippen LogP contribution in [0.15, 0.2) is 65.3 Å². The number of fused-ring (bicyclic) bond motifs is 6. The van der Waals surface area contributed by atoms with Crippen molar-refractivity contribution in [2.75, 3.05) is 0 Å². The van der Waals surface area contributed by atoms with E-state index in [0.29, 0.717) is 11.5 Å². The van der Waals surface area contributed by atoms with Gasteiger partial charge in [0, 0.05) is 44.6 Å². The van der Waals surface area contributed by atoms with Gasteiger partial charge in [-0.1, -0.05) is 28.1 Å². The summed E-state index contributed by atoms with van der Waals surface area (Å²) in [4.78, 5) is 9.13. The van der Waals surface area contributed by atoms with Gasteiger partial charge in [0.05, 0.1) is 11.2 Å². The van der Waals surface area contributed by atoms with Gasteiger partial charge in [0.15, 0.2) is 5.82 Å². The first-order valence-electron chi connectivity index (χ1n) is 9.48. The summed E-state index contributed by atoms with van der Waals surface area (Å²) in [6, 6.07) is 13.5. The Bertz CT molecular complexity index is 1290. The molecule has 6 rings (SSSR count). The van der Waals surface area contributed by atoms with Gasteiger partial charge in [0.2, 0.25) is 11.8 Å². The van der Waals surface area contributed by atoms with Crippen molar-refractivity contribution in [3.8, 4) is 28.8 Å². The van der Waals surface area contributed by atoms with E-state index in [1.165, 1.54) is 4.57 Å². The summed E-state index contributed by atoms with van der Waals surface area (Å²) < 4.78 is 2.52. The highest BCUT2D eigenvalue weighted by Gasteiger charge is 2.41. The molecule has 29 heavy (non-hydrogen) atoms. The molecule has 2 aliphatic rings. The maximum atomic E-state index is 10.8. The van der Waals surface area contributed by atoms with Crippen molar-refractivity contribution in [3.63, 3.8) is 0 Å². The average Bonchev–Trinajstić information content (AvgIpc) is 3.42. The molecule has 1 unspecified atom stereocenters. The standard InChI is InChI=1S/C23H16BrN3O2/c24-16-5-8-18-15(10-16)11-25-21(26-18)12-3-6-17(7-4-12)27-22(28)19-13-1-2-14(9-13)20(19)23(27)29/h1-8,10-11,13-14,28-29H,9H2/t13-,14?/m0/s1. The first kappa shape index (κ1) is 16.8. The zero-order valence-corrected chi connectivity index (χ0v) is 16.8. The van der Waals surface area contributed by atoms with Crippen molar-refractivity contribution >= 4 is 26.8 Å². The van der Waals surface area contributed by atoms with Crippen molar-refractivity contribution in [3.05, 3.63) is 76.4 Å². The van der Waals surface area contributed by atoms with Crippen LogP contribution in [0.4, 0.5) is 0 Å². The van der Waals surface area contributed by atoms with E-state index in [1.807, 2.05) is 48.7 Å². The van der Waals surface area contributed by atoms with Gasteiger partial charge in [-0.05, 0) is 48.9 Å². The van der Waals surface area contributed by atoms with Crippen LogP contribution < -0.4 is 0 Å². The molecular formula is C23H16BrN3O2. The quantitative estimate of drug-likeness (QED) is 0.405. The number of allylic oxidation sites excluding steroid dienone is 2. The first-order valence-corrected chi connectivity index (χ1v) is 10.3. The van der Waals surface area contributed by atoms with Crippen LogP contribution in [0.5, 0.6) is 11.8 Å². The molecule has 0 saturated heterocycles. The van der Waals surface area contributed by atoms with Crippen molar-refractivity contribution in [1.82, 2.24) is 14.5 Å². The molecule has 0 amide bonds. The van der Waals surface area contributed by atoms with Crippen molar-refractivity contribution < 1.29 is 10.2 Å². The Labute approximate surface area is 175 Å². The fourth-order valence-corrected chi connectivity index (χ4v) is 4.97. The minimum Gasteiger partial charge on any atom is -0.494 e. The van der Waals surface area contributed by atoms with Gasteiger partial charge in [-0.2, -0.15) is 0 Å². The van der Waals surface area contributed by atoms with Crippen LogP contribution >= 0.6 is 15.9 Å². The molecule has 2 aromatic heterocycles. The van der Waals surface area contributed by atoms with Crippen LogP contribution in [0.3, 0.4) is 0 Å². The molecule has 0 aliphatic heterocycles. The van der Waals surface area contributed by atoms with Gasteiger partial charge in [-0.25, -0.2) is 9.97 Å². The second-order valence-electron chi connectivity index (χ2n) is 7.59. The molecule has 2 atom stereocenters. The van der Waals surface area contributed by atoms with Gasteiger partial charge in [-0.3, -0.25) is 4.57 Å². The zero-order valence-electron chi connectivity index (χ0n) is 15.2. The van der Waals surface area contributed by atoms with Gasteiger partial charge in [0.25, 0.3) is 0 Å². The lowest BCUT2D eigenvalue weighted by Crippen LogP contribution is -1.96. The van der Waals surface area contributed by atoms with Crippen LogP contribution in [0.25, 0.3) is 28.0 Å². The van der Waals surface area contributed by atoms with Gasteiger partial charge < -0.3 is 10.2 Å². The predicted octanol–water partition coefficient (Wildman–Crippen LogP) is 5.40. The lowest BCUT2D eigenvalue weighted by atomic mass is 10.0. The van der Waals surface area contributed by atoms with E-state index in [-0.39, 0.29) is 23.6 Å². The fourth-order valence-electron chi connectivity index (χ4n) is 4.59. The molecule has 0 radical (unpaired) electrons. The maximum absolute atomic E-state index is 10.8. The molecule has 0 fully saturated rings. The number of rotatable bonds is 2. The summed E-state index contributed by atoms with van der Waals surface area (Å²) in [6.45, 7) is 0. The fraction of sp³-hybridized carbons (Fsp3) is 0.130.